The molecule has 0 fully saturated rings. The first-order valence-corrected chi connectivity index (χ1v) is 17.6. The summed E-state index contributed by atoms with van der Waals surface area (Å²) in [5.74, 6) is -0.588. The fraction of sp³-hybridized carbons (Fsp3) is 0.611. The molecule has 0 amide bonds. The van der Waals surface area contributed by atoms with Gasteiger partial charge in [0.2, 0.25) is 0 Å². The minimum atomic E-state index is -0.294. The van der Waals surface area contributed by atoms with Crippen molar-refractivity contribution in [3.05, 3.63) is 47.5 Å². The zero-order chi connectivity index (χ0) is 30.9. The maximum atomic E-state index is 12.9. The second-order valence-corrected chi connectivity index (χ2v) is 12.7. The maximum absolute atomic E-state index is 12.9. The first kappa shape index (κ1) is 35.0. The fourth-order valence-electron chi connectivity index (χ4n) is 5.30. The summed E-state index contributed by atoms with van der Waals surface area (Å²) in [6.45, 7) is 16.1. The largest absolute Gasteiger partial charge is 0.462 e. The van der Waals surface area contributed by atoms with Gasteiger partial charge in [0.15, 0.2) is 0 Å². The quantitative estimate of drug-likeness (QED) is 0.0836. The molecule has 0 aliphatic heterocycles. The minimum absolute atomic E-state index is 0.294. The summed E-state index contributed by atoms with van der Waals surface area (Å²) < 4.78 is 13.5. The molecular weight excluding hydrogens is 556 g/mol. The Morgan fingerprint density at radius 3 is 1.26 bits per heavy atom. The lowest BCUT2D eigenvalue weighted by Gasteiger charge is -2.21. The van der Waals surface area contributed by atoms with E-state index in [9.17, 15) is 9.59 Å². The molecule has 7 heteroatoms. The van der Waals surface area contributed by atoms with E-state index in [0.717, 1.165) is 72.3 Å². The Labute approximate surface area is 263 Å². The van der Waals surface area contributed by atoms with Gasteiger partial charge in [0.05, 0.1) is 24.3 Å². The van der Waals surface area contributed by atoms with Crippen LogP contribution in [0.4, 0.5) is 0 Å². The van der Waals surface area contributed by atoms with Gasteiger partial charge in [-0.05, 0) is 101 Å². The van der Waals surface area contributed by atoms with Crippen LogP contribution in [0.3, 0.4) is 0 Å². The number of esters is 2. The molecule has 1 heterocycles. The summed E-state index contributed by atoms with van der Waals surface area (Å²) in [4.78, 5) is 30.8. The number of hydrogen-bond acceptors (Lipinski definition) is 7. The van der Waals surface area contributed by atoms with Crippen LogP contribution in [-0.2, 0) is 9.47 Å². The fourth-order valence-corrected chi connectivity index (χ4v) is 6.37. The molecule has 238 valence electrons. The third kappa shape index (κ3) is 11.5. The summed E-state index contributed by atoms with van der Waals surface area (Å²) >= 11 is 1.66. The lowest BCUT2D eigenvalue weighted by molar-refractivity contribution is 0.0478. The second kappa shape index (κ2) is 19.7. The van der Waals surface area contributed by atoms with E-state index in [-0.39, 0.29) is 11.9 Å². The molecule has 0 saturated heterocycles. The highest BCUT2D eigenvalue weighted by Gasteiger charge is 2.15. The number of nitrogens with zero attached hydrogens (tertiary/aromatic N) is 2. The Hall–Kier alpha value is -2.48. The van der Waals surface area contributed by atoms with Gasteiger partial charge in [0.25, 0.3) is 0 Å². The van der Waals surface area contributed by atoms with Gasteiger partial charge in [0, 0.05) is 33.3 Å². The third-order valence-corrected chi connectivity index (χ3v) is 9.11. The minimum Gasteiger partial charge on any atom is -0.462 e. The SMILES string of the molecule is CCCCN(CCCC)CCCOC(=O)c1ccc2sc3ccc(C(=O)OCCCN(CCCC)CCCC)cc3c2c1. The molecule has 0 spiro atoms. The number of unbranched alkanes of at least 4 members (excludes halogenated alkanes) is 4. The molecule has 2 aromatic carbocycles. The Kier molecular flexibility index (Phi) is 16.1. The average Bonchev–Trinajstić information content (AvgIpc) is 3.40. The van der Waals surface area contributed by atoms with Gasteiger partial charge in [-0.15, -0.1) is 11.3 Å². The van der Waals surface area contributed by atoms with E-state index >= 15 is 0 Å². The summed E-state index contributed by atoms with van der Waals surface area (Å²) in [7, 11) is 0. The van der Waals surface area contributed by atoms with Crippen LogP contribution in [0.5, 0.6) is 0 Å². The molecule has 0 radical (unpaired) electrons. The van der Waals surface area contributed by atoms with Crippen molar-refractivity contribution in [2.24, 2.45) is 0 Å². The Morgan fingerprint density at radius 1 is 0.558 bits per heavy atom. The zero-order valence-corrected chi connectivity index (χ0v) is 27.9. The van der Waals surface area contributed by atoms with Gasteiger partial charge < -0.3 is 19.3 Å². The van der Waals surface area contributed by atoms with E-state index in [2.05, 4.69) is 37.5 Å². The molecular formula is C36H54N2O4S. The number of rotatable bonds is 22. The number of carbonyl (C=O) groups is 2. The Bertz CT molecular complexity index is 1150. The molecule has 0 saturated carbocycles. The highest BCUT2D eigenvalue weighted by molar-refractivity contribution is 7.25. The lowest BCUT2D eigenvalue weighted by Crippen LogP contribution is -2.28. The van der Waals surface area contributed by atoms with Crippen molar-refractivity contribution in [1.82, 2.24) is 9.80 Å². The molecule has 0 N–H and O–H groups in total. The molecule has 43 heavy (non-hydrogen) atoms. The smallest absolute Gasteiger partial charge is 0.338 e. The highest BCUT2D eigenvalue weighted by Crippen LogP contribution is 2.35. The van der Waals surface area contributed by atoms with Crippen LogP contribution in [0, 0.1) is 0 Å². The van der Waals surface area contributed by atoms with Crippen LogP contribution in [0.2, 0.25) is 0 Å². The van der Waals surface area contributed by atoms with Crippen molar-refractivity contribution < 1.29 is 19.1 Å². The first-order valence-electron chi connectivity index (χ1n) is 16.8. The van der Waals surface area contributed by atoms with E-state index < -0.39 is 0 Å². The molecule has 0 aliphatic carbocycles. The molecule has 0 unspecified atom stereocenters. The molecule has 3 rings (SSSR count). The molecule has 0 aliphatic rings. The van der Waals surface area contributed by atoms with Gasteiger partial charge >= 0.3 is 11.9 Å². The molecule has 6 nitrogen and oxygen atoms in total. The van der Waals surface area contributed by atoms with Crippen LogP contribution >= 0.6 is 11.3 Å². The van der Waals surface area contributed by atoms with Gasteiger partial charge in [-0.1, -0.05) is 53.4 Å². The number of thiophene rings is 1. The van der Waals surface area contributed by atoms with E-state index in [1.807, 2.05) is 36.4 Å². The van der Waals surface area contributed by atoms with Crippen molar-refractivity contribution in [1.29, 1.82) is 0 Å². The van der Waals surface area contributed by atoms with Crippen LogP contribution in [0.15, 0.2) is 36.4 Å². The number of fused-ring (bicyclic) bond motifs is 3. The molecule has 1 aromatic heterocycles. The van der Waals surface area contributed by atoms with Crippen molar-refractivity contribution in [2.75, 3.05) is 52.5 Å². The predicted molar refractivity (Wildman–Crippen MR) is 182 cm³/mol. The monoisotopic (exact) mass is 610 g/mol. The van der Waals surface area contributed by atoms with Crippen molar-refractivity contribution in [2.45, 2.75) is 91.9 Å². The number of benzene rings is 2. The molecule has 0 atom stereocenters. The summed E-state index contributed by atoms with van der Waals surface area (Å²) in [6.07, 6.45) is 11.3. The number of carbonyl (C=O) groups excluding carboxylic acids is 2. The van der Waals surface area contributed by atoms with E-state index in [1.165, 1.54) is 51.4 Å². The second-order valence-electron chi connectivity index (χ2n) is 11.6. The predicted octanol–water partition coefficient (Wildman–Crippen LogP) is 8.95. The van der Waals surface area contributed by atoms with E-state index in [4.69, 9.17) is 9.47 Å². The maximum Gasteiger partial charge on any atom is 0.338 e. The van der Waals surface area contributed by atoms with Crippen LogP contribution in [-0.4, -0.2) is 74.2 Å². The number of hydrogen-bond donors (Lipinski definition) is 0. The van der Waals surface area contributed by atoms with E-state index in [1.54, 1.807) is 11.3 Å². The van der Waals surface area contributed by atoms with Crippen molar-refractivity contribution in [3.63, 3.8) is 0 Å². The van der Waals surface area contributed by atoms with E-state index in [0.29, 0.717) is 24.3 Å². The summed E-state index contributed by atoms with van der Waals surface area (Å²) in [5, 5.41) is 1.94. The van der Waals surface area contributed by atoms with Gasteiger partial charge in [-0.3, -0.25) is 0 Å². The van der Waals surface area contributed by atoms with Crippen molar-refractivity contribution in [3.8, 4) is 0 Å². The average molecular weight is 611 g/mol. The first-order chi connectivity index (χ1) is 21.0. The van der Waals surface area contributed by atoms with Crippen molar-refractivity contribution >= 4 is 43.4 Å². The van der Waals surface area contributed by atoms with Gasteiger partial charge in [0.1, 0.15) is 0 Å². The summed E-state index contributed by atoms with van der Waals surface area (Å²) in [6, 6.07) is 11.5. The Balaban J connectivity index is 1.57. The van der Waals surface area contributed by atoms with Gasteiger partial charge in [-0.25, -0.2) is 9.59 Å². The van der Waals surface area contributed by atoms with Crippen LogP contribution in [0.1, 0.15) is 113 Å². The summed E-state index contributed by atoms with van der Waals surface area (Å²) in [5.41, 5.74) is 1.09. The topological polar surface area (TPSA) is 59.1 Å². The lowest BCUT2D eigenvalue weighted by atomic mass is 10.1. The molecule has 0 bridgehead atoms. The zero-order valence-electron chi connectivity index (χ0n) is 27.1. The number of ether oxygens (including phenoxy) is 2. The van der Waals surface area contributed by atoms with Crippen LogP contribution in [0.25, 0.3) is 20.2 Å². The standard InChI is InChI=1S/C36H54N2O4S/c1-5-9-19-37(20-10-6-2)23-13-25-41-35(39)29-15-17-33-31(27-29)32-28-30(16-18-34(32)43-33)36(40)42-26-14-24-38(21-11-7-3)22-12-8-4/h15-18,27-28H,5-14,19-26H2,1-4H3. The highest BCUT2D eigenvalue weighted by atomic mass is 32.1. The van der Waals surface area contributed by atoms with Gasteiger partial charge in [-0.2, -0.15) is 0 Å². The Morgan fingerprint density at radius 2 is 0.907 bits per heavy atom. The van der Waals surface area contributed by atoms with Crippen LogP contribution < -0.4 is 0 Å². The molecule has 3 aromatic rings. The third-order valence-electron chi connectivity index (χ3n) is 7.96. The normalized spacial score (nSPS) is 11.7.